The predicted molar refractivity (Wildman–Crippen MR) is 90.3 cm³/mol. The van der Waals surface area contributed by atoms with Crippen LogP contribution in [0.25, 0.3) is 0 Å². The van der Waals surface area contributed by atoms with Crippen LogP contribution in [0.5, 0.6) is 0 Å². The lowest BCUT2D eigenvalue weighted by molar-refractivity contribution is -0.140. The monoisotopic (exact) mass is 335 g/mol. The second kappa shape index (κ2) is 6.49. The fourth-order valence-corrected chi connectivity index (χ4v) is 3.88. The molecule has 0 radical (unpaired) electrons. The number of carbonyl (C=O) groups is 2. The van der Waals surface area contributed by atoms with Gasteiger partial charge in [0, 0.05) is 19.6 Å². The predicted octanol–water partition coefficient (Wildman–Crippen LogP) is 2.03. The Morgan fingerprint density at radius 2 is 2.04 bits per heavy atom. The van der Waals surface area contributed by atoms with Gasteiger partial charge in [0.25, 0.3) is 0 Å². The Labute approximate surface area is 141 Å². The van der Waals surface area contributed by atoms with Crippen LogP contribution in [0, 0.1) is 5.92 Å². The van der Waals surface area contributed by atoms with Gasteiger partial charge in [-0.2, -0.15) is 0 Å². The van der Waals surface area contributed by atoms with Gasteiger partial charge in [-0.15, -0.1) is 0 Å². The molecule has 5 nitrogen and oxygen atoms in total. The molecule has 1 aliphatic carbocycles. The topological polar surface area (TPSA) is 66.6 Å². The van der Waals surface area contributed by atoms with Gasteiger partial charge < -0.3 is 15.5 Å². The Hall–Kier alpha value is -1.59. The van der Waals surface area contributed by atoms with Gasteiger partial charge in [-0.05, 0) is 31.4 Å². The molecule has 2 amide bonds. The van der Waals surface area contributed by atoms with Crippen molar-refractivity contribution in [3.63, 3.8) is 0 Å². The van der Waals surface area contributed by atoms with E-state index in [2.05, 4.69) is 0 Å². The van der Waals surface area contributed by atoms with E-state index in [-0.39, 0.29) is 23.8 Å². The molecule has 6 heteroatoms. The van der Waals surface area contributed by atoms with Gasteiger partial charge in [0.15, 0.2) is 0 Å². The molecule has 0 spiro atoms. The van der Waals surface area contributed by atoms with Crippen LogP contribution in [0.1, 0.15) is 25.7 Å². The molecule has 1 aliphatic heterocycles. The maximum absolute atomic E-state index is 12.7. The van der Waals surface area contributed by atoms with Crippen LogP contribution in [0.4, 0.5) is 5.69 Å². The van der Waals surface area contributed by atoms with Gasteiger partial charge in [-0.3, -0.25) is 9.59 Å². The summed E-state index contributed by atoms with van der Waals surface area (Å²) in [5.41, 5.74) is 6.74. The van der Waals surface area contributed by atoms with Crippen LogP contribution in [-0.4, -0.2) is 42.4 Å². The van der Waals surface area contributed by atoms with Crippen LogP contribution in [0.3, 0.4) is 0 Å². The number of para-hydroxylation sites is 1. The first-order valence-corrected chi connectivity index (χ1v) is 8.46. The molecule has 0 unspecified atom stereocenters. The number of amides is 2. The van der Waals surface area contributed by atoms with Crippen LogP contribution >= 0.6 is 11.6 Å². The van der Waals surface area contributed by atoms with E-state index in [0.29, 0.717) is 23.7 Å². The summed E-state index contributed by atoms with van der Waals surface area (Å²) in [6.07, 6.45) is 3.30. The summed E-state index contributed by atoms with van der Waals surface area (Å²) in [5.74, 6) is -0.225. The van der Waals surface area contributed by atoms with Gasteiger partial charge in [-0.1, -0.05) is 30.2 Å². The maximum Gasteiger partial charge on any atom is 0.249 e. The van der Waals surface area contributed by atoms with Crippen LogP contribution in [-0.2, 0) is 9.59 Å². The van der Waals surface area contributed by atoms with Gasteiger partial charge in [0.05, 0.1) is 16.6 Å². The van der Waals surface area contributed by atoms with Crippen molar-refractivity contribution in [1.82, 2.24) is 4.90 Å². The minimum atomic E-state index is -0.424. The highest BCUT2D eigenvalue weighted by molar-refractivity contribution is 6.34. The fourth-order valence-electron chi connectivity index (χ4n) is 3.64. The van der Waals surface area contributed by atoms with E-state index in [4.69, 9.17) is 17.3 Å². The Kier molecular flexibility index (Phi) is 4.60. The fraction of sp³-hybridized carbons (Fsp3) is 0.529. The molecule has 3 rings (SSSR count). The van der Waals surface area contributed by atoms with Crippen molar-refractivity contribution in [3.8, 4) is 0 Å². The van der Waals surface area contributed by atoms with Gasteiger partial charge in [0.1, 0.15) is 6.04 Å². The Bertz CT molecular complexity index is 622. The van der Waals surface area contributed by atoms with E-state index in [1.165, 1.54) is 0 Å². The summed E-state index contributed by atoms with van der Waals surface area (Å²) in [6.45, 7) is 0.571. The number of benzene rings is 1. The lowest BCUT2D eigenvalue weighted by Crippen LogP contribution is -2.47. The maximum atomic E-state index is 12.7. The highest BCUT2D eigenvalue weighted by atomic mass is 35.5. The number of nitrogens with zero attached hydrogens (tertiary/aromatic N) is 2. The second-order valence-corrected chi connectivity index (χ2v) is 6.80. The molecule has 0 bridgehead atoms. The number of rotatable bonds is 3. The van der Waals surface area contributed by atoms with Crippen molar-refractivity contribution in [1.29, 1.82) is 0 Å². The molecule has 1 saturated carbocycles. The lowest BCUT2D eigenvalue weighted by atomic mass is 10.0. The van der Waals surface area contributed by atoms with Crippen LogP contribution in [0.15, 0.2) is 24.3 Å². The molecule has 0 aromatic heterocycles. The quantitative estimate of drug-likeness (QED) is 0.919. The van der Waals surface area contributed by atoms with Gasteiger partial charge in [0.2, 0.25) is 11.8 Å². The molecular weight excluding hydrogens is 314 g/mol. The normalized spacial score (nSPS) is 27.5. The SMILES string of the molecule is CN(C(=O)[C@@H]1CCC[C@H]1N)[C@@H]1CCN(c2ccccc2Cl)C1=O. The summed E-state index contributed by atoms with van der Waals surface area (Å²) >= 11 is 6.19. The standard InChI is InChI=1S/C17H22ClN3O2/c1-20(16(22)11-5-4-7-13(11)19)15-9-10-21(17(15)23)14-8-3-2-6-12(14)18/h2-3,6,8,11,13,15H,4-5,7,9-10,19H2,1H3/t11-,13-,15-/m1/s1. The average Bonchev–Trinajstić information content (AvgIpc) is 3.12. The van der Waals surface area contributed by atoms with Gasteiger partial charge in [-0.25, -0.2) is 0 Å². The summed E-state index contributed by atoms with van der Waals surface area (Å²) in [7, 11) is 1.71. The molecule has 1 aromatic rings. The average molecular weight is 336 g/mol. The summed E-state index contributed by atoms with van der Waals surface area (Å²) in [4.78, 5) is 28.7. The highest BCUT2D eigenvalue weighted by Gasteiger charge is 2.41. The Balaban J connectivity index is 1.74. The number of likely N-dealkylation sites (N-methyl/N-ethyl adjacent to an activating group) is 1. The van der Waals surface area contributed by atoms with Crippen LogP contribution in [0.2, 0.25) is 5.02 Å². The van der Waals surface area contributed by atoms with Crippen molar-refractivity contribution in [2.75, 3.05) is 18.5 Å². The molecule has 1 saturated heterocycles. The van der Waals surface area contributed by atoms with E-state index in [1.807, 2.05) is 18.2 Å². The van der Waals surface area contributed by atoms with E-state index in [0.717, 1.165) is 19.3 Å². The molecule has 23 heavy (non-hydrogen) atoms. The molecule has 2 fully saturated rings. The van der Waals surface area contributed by atoms with Crippen molar-refractivity contribution >= 4 is 29.1 Å². The zero-order chi connectivity index (χ0) is 16.6. The first-order chi connectivity index (χ1) is 11.0. The molecule has 2 N–H and O–H groups in total. The lowest BCUT2D eigenvalue weighted by Gasteiger charge is -2.28. The van der Waals surface area contributed by atoms with Crippen LogP contribution < -0.4 is 10.6 Å². The smallest absolute Gasteiger partial charge is 0.249 e. The van der Waals surface area contributed by atoms with Crippen molar-refractivity contribution in [3.05, 3.63) is 29.3 Å². The van der Waals surface area contributed by atoms with Crippen molar-refractivity contribution in [2.24, 2.45) is 11.7 Å². The summed E-state index contributed by atoms with van der Waals surface area (Å²) < 4.78 is 0. The van der Waals surface area contributed by atoms with Crippen molar-refractivity contribution in [2.45, 2.75) is 37.8 Å². The number of nitrogens with two attached hydrogens (primary N) is 1. The minimum Gasteiger partial charge on any atom is -0.333 e. The number of carbonyl (C=O) groups excluding carboxylic acids is 2. The minimum absolute atomic E-state index is 0.00522. The largest absolute Gasteiger partial charge is 0.333 e. The number of hydrogen-bond donors (Lipinski definition) is 1. The number of anilines is 1. The van der Waals surface area contributed by atoms with Gasteiger partial charge >= 0.3 is 0 Å². The summed E-state index contributed by atoms with van der Waals surface area (Å²) in [6, 6.07) is 6.78. The third kappa shape index (κ3) is 2.95. The van der Waals surface area contributed by atoms with E-state index in [1.54, 1.807) is 22.9 Å². The summed E-state index contributed by atoms with van der Waals surface area (Å²) in [5, 5.41) is 0.549. The number of halogens is 1. The van der Waals surface area contributed by atoms with E-state index in [9.17, 15) is 9.59 Å². The molecular formula is C17H22ClN3O2. The van der Waals surface area contributed by atoms with E-state index >= 15 is 0 Å². The molecule has 2 aliphatic rings. The first kappa shape index (κ1) is 16.3. The molecule has 124 valence electrons. The number of hydrogen-bond acceptors (Lipinski definition) is 3. The molecule has 3 atom stereocenters. The Morgan fingerprint density at radius 1 is 1.30 bits per heavy atom. The zero-order valence-corrected chi connectivity index (χ0v) is 14.0. The Morgan fingerprint density at radius 3 is 2.70 bits per heavy atom. The third-order valence-corrected chi connectivity index (χ3v) is 5.34. The van der Waals surface area contributed by atoms with E-state index < -0.39 is 6.04 Å². The molecule has 1 aromatic carbocycles. The van der Waals surface area contributed by atoms with Crippen molar-refractivity contribution < 1.29 is 9.59 Å². The second-order valence-electron chi connectivity index (χ2n) is 6.40. The zero-order valence-electron chi connectivity index (χ0n) is 13.2. The highest BCUT2D eigenvalue weighted by Crippen LogP contribution is 2.32. The first-order valence-electron chi connectivity index (χ1n) is 8.09. The third-order valence-electron chi connectivity index (χ3n) is 5.02. The molecule has 1 heterocycles.